The van der Waals surface area contributed by atoms with Gasteiger partial charge in [-0.2, -0.15) is 0 Å². The van der Waals surface area contributed by atoms with Crippen LogP contribution in [0.3, 0.4) is 0 Å². The molecule has 0 spiro atoms. The molecule has 2 N–H and O–H groups in total. The molecule has 0 aliphatic rings. The first-order valence-corrected chi connectivity index (χ1v) is 3.90. The Bertz CT molecular complexity index is 248. The van der Waals surface area contributed by atoms with E-state index in [0.29, 0.717) is 12.2 Å². The number of hydrogen-bond donors (Lipinski definition) is 1. The number of alkyl halides is 2. The van der Waals surface area contributed by atoms with Gasteiger partial charge in [0.05, 0.1) is 6.61 Å². The predicted molar refractivity (Wildman–Crippen MR) is 45.1 cm³/mol. The SMILES string of the molecule is NOCc1ccc(CC(F)F)cc1. The van der Waals surface area contributed by atoms with E-state index in [1.54, 1.807) is 24.3 Å². The van der Waals surface area contributed by atoms with Crippen molar-refractivity contribution in [3.05, 3.63) is 35.4 Å². The number of nitrogens with two attached hydrogens (primary N) is 1. The highest BCUT2D eigenvalue weighted by Gasteiger charge is 2.03. The van der Waals surface area contributed by atoms with Crippen LogP contribution in [0, 0.1) is 0 Å². The smallest absolute Gasteiger partial charge is 0.242 e. The summed E-state index contributed by atoms with van der Waals surface area (Å²) in [6.07, 6.45) is -2.50. The summed E-state index contributed by atoms with van der Waals surface area (Å²) in [6.45, 7) is 0.301. The van der Waals surface area contributed by atoms with Crippen LogP contribution >= 0.6 is 0 Å². The van der Waals surface area contributed by atoms with Gasteiger partial charge in [-0.1, -0.05) is 24.3 Å². The molecular weight excluding hydrogens is 176 g/mol. The molecule has 0 aliphatic carbocycles. The van der Waals surface area contributed by atoms with Gasteiger partial charge >= 0.3 is 0 Å². The minimum atomic E-state index is -2.29. The number of hydrogen-bond acceptors (Lipinski definition) is 2. The van der Waals surface area contributed by atoms with Crippen molar-refractivity contribution in [3.63, 3.8) is 0 Å². The zero-order valence-electron chi connectivity index (χ0n) is 7.04. The van der Waals surface area contributed by atoms with Gasteiger partial charge in [0.1, 0.15) is 0 Å². The van der Waals surface area contributed by atoms with E-state index in [9.17, 15) is 8.78 Å². The zero-order chi connectivity index (χ0) is 9.68. The average Bonchev–Trinajstić information content (AvgIpc) is 2.08. The number of benzene rings is 1. The molecule has 0 unspecified atom stereocenters. The second kappa shape index (κ2) is 4.89. The normalized spacial score (nSPS) is 10.8. The van der Waals surface area contributed by atoms with E-state index in [2.05, 4.69) is 4.84 Å². The molecule has 0 radical (unpaired) electrons. The van der Waals surface area contributed by atoms with E-state index in [1.807, 2.05) is 0 Å². The molecule has 72 valence electrons. The molecule has 0 atom stereocenters. The minimum Gasteiger partial charge on any atom is -0.300 e. The van der Waals surface area contributed by atoms with Crippen LogP contribution in [0.5, 0.6) is 0 Å². The van der Waals surface area contributed by atoms with Crippen LogP contribution in [0.15, 0.2) is 24.3 Å². The van der Waals surface area contributed by atoms with Crippen molar-refractivity contribution < 1.29 is 13.6 Å². The maximum absolute atomic E-state index is 11.9. The van der Waals surface area contributed by atoms with Gasteiger partial charge < -0.3 is 0 Å². The topological polar surface area (TPSA) is 35.2 Å². The summed E-state index contributed by atoms with van der Waals surface area (Å²) in [5.74, 6) is 4.86. The van der Waals surface area contributed by atoms with Crippen LogP contribution < -0.4 is 5.90 Å². The third-order valence-corrected chi connectivity index (χ3v) is 1.66. The molecule has 0 saturated carbocycles. The van der Waals surface area contributed by atoms with Gasteiger partial charge in [0, 0.05) is 6.42 Å². The summed E-state index contributed by atoms with van der Waals surface area (Å²) in [7, 11) is 0. The van der Waals surface area contributed by atoms with Gasteiger partial charge in [-0.3, -0.25) is 4.84 Å². The Morgan fingerprint density at radius 1 is 1.15 bits per heavy atom. The molecule has 0 aromatic heterocycles. The fourth-order valence-corrected chi connectivity index (χ4v) is 1.05. The van der Waals surface area contributed by atoms with Crippen LogP contribution in [0.25, 0.3) is 0 Å². The van der Waals surface area contributed by atoms with Crippen LogP contribution in [-0.4, -0.2) is 6.43 Å². The Morgan fingerprint density at radius 2 is 1.69 bits per heavy atom. The molecule has 0 fully saturated rings. The summed E-state index contributed by atoms with van der Waals surface area (Å²) in [5, 5.41) is 0. The highest BCUT2D eigenvalue weighted by molar-refractivity contribution is 5.22. The molecule has 0 heterocycles. The van der Waals surface area contributed by atoms with E-state index >= 15 is 0 Å². The van der Waals surface area contributed by atoms with Crippen LogP contribution in [0.1, 0.15) is 11.1 Å². The maximum Gasteiger partial charge on any atom is 0.242 e. The fraction of sp³-hybridized carbons (Fsp3) is 0.333. The summed E-state index contributed by atoms with van der Waals surface area (Å²) in [5.41, 5.74) is 1.50. The zero-order valence-corrected chi connectivity index (χ0v) is 7.04. The van der Waals surface area contributed by atoms with E-state index in [-0.39, 0.29) is 6.42 Å². The van der Waals surface area contributed by atoms with Gasteiger partial charge in [-0.15, -0.1) is 0 Å². The third kappa shape index (κ3) is 3.48. The average molecular weight is 187 g/mol. The fourth-order valence-electron chi connectivity index (χ4n) is 1.05. The summed E-state index contributed by atoms with van der Waals surface area (Å²) < 4.78 is 23.8. The van der Waals surface area contributed by atoms with E-state index in [4.69, 9.17) is 5.90 Å². The standard InChI is InChI=1S/C9H11F2NO/c10-9(11)5-7-1-3-8(4-2-7)6-13-12/h1-4,9H,5-6,12H2. The van der Waals surface area contributed by atoms with Crippen molar-refractivity contribution in [3.8, 4) is 0 Å². The first kappa shape index (κ1) is 10.1. The van der Waals surface area contributed by atoms with Gasteiger partial charge in [0.25, 0.3) is 0 Å². The number of rotatable bonds is 4. The molecule has 1 aromatic carbocycles. The quantitative estimate of drug-likeness (QED) is 0.730. The summed E-state index contributed by atoms with van der Waals surface area (Å²) in [6, 6.07) is 6.76. The molecular formula is C9H11F2NO. The third-order valence-electron chi connectivity index (χ3n) is 1.66. The highest BCUT2D eigenvalue weighted by Crippen LogP contribution is 2.09. The monoisotopic (exact) mass is 187 g/mol. The van der Waals surface area contributed by atoms with Crippen molar-refractivity contribution in [2.45, 2.75) is 19.5 Å². The van der Waals surface area contributed by atoms with Crippen molar-refractivity contribution in [1.29, 1.82) is 0 Å². The molecule has 0 amide bonds. The lowest BCUT2D eigenvalue weighted by atomic mass is 10.1. The van der Waals surface area contributed by atoms with Crippen LogP contribution in [0.2, 0.25) is 0 Å². The van der Waals surface area contributed by atoms with Crippen molar-refractivity contribution in [1.82, 2.24) is 0 Å². The summed E-state index contributed by atoms with van der Waals surface area (Å²) in [4.78, 5) is 4.40. The second-order valence-corrected chi connectivity index (χ2v) is 2.72. The molecule has 13 heavy (non-hydrogen) atoms. The van der Waals surface area contributed by atoms with Gasteiger partial charge in [0.15, 0.2) is 0 Å². The summed E-state index contributed by atoms with van der Waals surface area (Å²) >= 11 is 0. The Labute approximate surface area is 75.3 Å². The van der Waals surface area contributed by atoms with Crippen LogP contribution in [-0.2, 0) is 17.9 Å². The van der Waals surface area contributed by atoms with Crippen molar-refractivity contribution in [2.75, 3.05) is 0 Å². The molecule has 0 aliphatic heterocycles. The lowest BCUT2D eigenvalue weighted by Gasteiger charge is -2.02. The Hall–Kier alpha value is -1.00. The van der Waals surface area contributed by atoms with Crippen molar-refractivity contribution >= 4 is 0 Å². The second-order valence-electron chi connectivity index (χ2n) is 2.72. The maximum atomic E-state index is 11.9. The van der Waals surface area contributed by atoms with E-state index in [1.165, 1.54) is 0 Å². The van der Waals surface area contributed by atoms with Gasteiger partial charge in [0.2, 0.25) is 6.43 Å². The highest BCUT2D eigenvalue weighted by atomic mass is 19.3. The predicted octanol–water partition coefficient (Wildman–Crippen LogP) is 1.88. The molecule has 4 heteroatoms. The molecule has 1 rings (SSSR count). The first-order chi connectivity index (χ1) is 6.22. The lowest BCUT2D eigenvalue weighted by Crippen LogP contribution is -2.00. The molecule has 0 saturated heterocycles. The largest absolute Gasteiger partial charge is 0.300 e. The van der Waals surface area contributed by atoms with E-state index in [0.717, 1.165) is 5.56 Å². The van der Waals surface area contributed by atoms with Gasteiger partial charge in [-0.05, 0) is 11.1 Å². The lowest BCUT2D eigenvalue weighted by molar-refractivity contribution is 0.124. The Morgan fingerprint density at radius 3 is 2.15 bits per heavy atom. The first-order valence-electron chi connectivity index (χ1n) is 3.90. The van der Waals surface area contributed by atoms with Crippen LogP contribution in [0.4, 0.5) is 8.78 Å². The van der Waals surface area contributed by atoms with Gasteiger partial charge in [-0.25, -0.2) is 14.7 Å². The molecule has 0 bridgehead atoms. The minimum absolute atomic E-state index is 0.205. The Kier molecular flexibility index (Phi) is 3.79. The molecule has 2 nitrogen and oxygen atoms in total. The Balaban J connectivity index is 2.59. The van der Waals surface area contributed by atoms with E-state index < -0.39 is 6.43 Å². The molecule has 1 aromatic rings. The number of halogens is 2. The van der Waals surface area contributed by atoms with Crippen molar-refractivity contribution in [2.24, 2.45) is 5.90 Å².